The SMILES string of the molecule is CCc1c(Oc2cc(Nc3ccc(C)cc3S(=O)(=O)O)c3c4c(cc(=O)n(C)c24)-c2ccccc2C3=O)cccc1S(=O)(=O)O. The maximum Gasteiger partial charge on any atom is 0.296 e. The van der Waals surface area contributed by atoms with E-state index < -0.39 is 36.5 Å². The summed E-state index contributed by atoms with van der Waals surface area (Å²) in [5.41, 5.74) is 2.03. The number of carbonyl (C=O) groups excluding carboxylic acids is 1. The van der Waals surface area contributed by atoms with Crippen molar-refractivity contribution in [3.8, 4) is 22.6 Å². The van der Waals surface area contributed by atoms with Gasteiger partial charge in [-0.2, -0.15) is 16.8 Å². The average Bonchev–Trinajstić information content (AvgIpc) is 2.98. The van der Waals surface area contributed by atoms with Crippen molar-refractivity contribution in [3.05, 3.63) is 105 Å². The maximum atomic E-state index is 14.1. The number of nitrogens with one attached hydrogen (secondary N) is 1. The van der Waals surface area contributed by atoms with Crippen molar-refractivity contribution in [1.29, 1.82) is 0 Å². The van der Waals surface area contributed by atoms with Gasteiger partial charge in [-0.05, 0) is 54.3 Å². The minimum absolute atomic E-state index is 0.0229. The quantitative estimate of drug-likeness (QED) is 0.184. The van der Waals surface area contributed by atoms with Gasteiger partial charge in [0.05, 0.1) is 22.5 Å². The highest BCUT2D eigenvalue weighted by atomic mass is 32.2. The van der Waals surface area contributed by atoms with Crippen LogP contribution < -0.4 is 15.6 Å². The van der Waals surface area contributed by atoms with Crippen LogP contribution >= 0.6 is 0 Å². The second kappa shape index (κ2) is 10.7. The Morgan fingerprint density at radius 2 is 1.47 bits per heavy atom. The molecule has 1 aliphatic carbocycles. The third-order valence-corrected chi connectivity index (χ3v) is 9.61. The highest BCUT2D eigenvalue weighted by Crippen LogP contribution is 2.47. The molecule has 1 aliphatic rings. The average molecular weight is 647 g/mol. The van der Waals surface area contributed by atoms with Gasteiger partial charge in [-0.1, -0.05) is 43.3 Å². The number of nitrogens with zero attached hydrogens (tertiary/aromatic N) is 1. The number of benzene rings is 4. The summed E-state index contributed by atoms with van der Waals surface area (Å²) in [5, 5.41) is 3.34. The van der Waals surface area contributed by atoms with E-state index in [1.54, 1.807) is 44.2 Å². The molecule has 6 rings (SSSR count). The van der Waals surface area contributed by atoms with Crippen molar-refractivity contribution in [2.24, 2.45) is 7.05 Å². The monoisotopic (exact) mass is 646 g/mol. The van der Waals surface area contributed by atoms with Gasteiger partial charge in [0.1, 0.15) is 15.5 Å². The van der Waals surface area contributed by atoms with Gasteiger partial charge in [0.2, 0.25) is 0 Å². The Labute approximate surface area is 258 Å². The Hall–Kier alpha value is -4.82. The minimum atomic E-state index is -4.70. The molecule has 0 aliphatic heterocycles. The van der Waals surface area contributed by atoms with Gasteiger partial charge in [-0.15, -0.1) is 0 Å². The smallest absolute Gasteiger partial charge is 0.296 e. The molecule has 11 nitrogen and oxygen atoms in total. The summed E-state index contributed by atoms with van der Waals surface area (Å²) in [7, 11) is -7.81. The summed E-state index contributed by atoms with van der Waals surface area (Å²) in [4.78, 5) is 26.7. The third-order valence-electron chi connectivity index (χ3n) is 7.78. The zero-order valence-electron chi connectivity index (χ0n) is 24.2. The molecule has 4 aromatic carbocycles. The van der Waals surface area contributed by atoms with Crippen LogP contribution in [0.5, 0.6) is 11.5 Å². The molecule has 0 radical (unpaired) electrons. The van der Waals surface area contributed by atoms with Crippen molar-refractivity contribution in [1.82, 2.24) is 4.57 Å². The van der Waals surface area contributed by atoms with Gasteiger partial charge < -0.3 is 14.6 Å². The highest BCUT2D eigenvalue weighted by Gasteiger charge is 2.32. The number of fused-ring (bicyclic) bond motifs is 2. The molecule has 0 fully saturated rings. The molecule has 3 N–H and O–H groups in total. The van der Waals surface area contributed by atoms with Crippen LogP contribution in [0.4, 0.5) is 11.4 Å². The largest absolute Gasteiger partial charge is 0.455 e. The first-order chi connectivity index (χ1) is 21.2. The zero-order valence-corrected chi connectivity index (χ0v) is 25.8. The number of rotatable bonds is 7. The Morgan fingerprint density at radius 3 is 2.13 bits per heavy atom. The van der Waals surface area contributed by atoms with Crippen molar-refractivity contribution in [2.75, 3.05) is 5.32 Å². The number of aromatic nitrogens is 1. The summed E-state index contributed by atoms with van der Waals surface area (Å²) in [5.74, 6) is -0.297. The lowest BCUT2D eigenvalue weighted by atomic mass is 9.83. The lowest BCUT2D eigenvalue weighted by Gasteiger charge is -2.26. The van der Waals surface area contributed by atoms with E-state index in [-0.39, 0.29) is 50.8 Å². The number of ether oxygens (including phenoxy) is 1. The van der Waals surface area contributed by atoms with Gasteiger partial charge in [-0.25, -0.2) is 0 Å². The van der Waals surface area contributed by atoms with Crippen molar-refractivity contribution in [3.63, 3.8) is 0 Å². The molecule has 1 heterocycles. The van der Waals surface area contributed by atoms with Crippen LogP contribution in [0.3, 0.4) is 0 Å². The molecule has 0 saturated heterocycles. The first-order valence-electron chi connectivity index (χ1n) is 13.7. The van der Waals surface area contributed by atoms with E-state index >= 15 is 0 Å². The fraction of sp³-hybridized carbons (Fsp3) is 0.125. The van der Waals surface area contributed by atoms with Crippen LogP contribution in [0.25, 0.3) is 22.0 Å². The van der Waals surface area contributed by atoms with E-state index in [1.165, 1.54) is 54.1 Å². The van der Waals surface area contributed by atoms with Crippen LogP contribution in [0.1, 0.15) is 34.0 Å². The summed E-state index contributed by atoms with van der Waals surface area (Å²) < 4.78 is 76.5. The van der Waals surface area contributed by atoms with Crippen molar-refractivity contribution >= 4 is 48.3 Å². The molecule has 13 heteroatoms. The van der Waals surface area contributed by atoms with Crippen molar-refractivity contribution in [2.45, 2.75) is 30.1 Å². The Bertz CT molecular complexity index is 2380. The minimum Gasteiger partial charge on any atom is -0.455 e. The predicted molar refractivity (Wildman–Crippen MR) is 168 cm³/mol. The van der Waals surface area contributed by atoms with Crippen LogP contribution in [-0.2, 0) is 33.7 Å². The molecule has 0 unspecified atom stereocenters. The van der Waals surface area contributed by atoms with Gasteiger partial charge >= 0.3 is 0 Å². The zero-order chi connectivity index (χ0) is 32.4. The number of anilines is 2. The fourth-order valence-corrected chi connectivity index (χ4v) is 7.30. The second-order valence-electron chi connectivity index (χ2n) is 10.6. The molecule has 0 amide bonds. The second-order valence-corrected chi connectivity index (χ2v) is 13.4. The van der Waals surface area contributed by atoms with E-state index in [0.29, 0.717) is 27.6 Å². The molecule has 5 aromatic rings. The van der Waals surface area contributed by atoms with Crippen LogP contribution in [-0.4, -0.2) is 36.3 Å². The molecule has 0 bridgehead atoms. The van der Waals surface area contributed by atoms with Crippen LogP contribution in [0.15, 0.2) is 87.4 Å². The molecule has 0 spiro atoms. The summed E-state index contributed by atoms with van der Waals surface area (Å²) in [6.07, 6.45) is 0.156. The standard InChI is InChI=1S/C32H26N2O9S2/c1-4-18-24(10-7-11-26(18)44(37,38)39)43-25-16-23(33-22-13-12-17(2)14-27(22)45(40,41)42)30-29-21(15-28(35)34(3)31(25)29)19-8-5-6-9-20(19)32(30)36/h5-16,33H,4H2,1-3H3,(H,37,38,39)(H,40,41,42). The highest BCUT2D eigenvalue weighted by molar-refractivity contribution is 7.86. The number of hydrogen-bond donors (Lipinski definition) is 3. The van der Waals surface area contributed by atoms with Crippen LogP contribution in [0.2, 0.25) is 0 Å². The van der Waals surface area contributed by atoms with E-state index in [9.17, 15) is 35.5 Å². The molecule has 45 heavy (non-hydrogen) atoms. The van der Waals surface area contributed by atoms with Crippen molar-refractivity contribution < 1.29 is 35.5 Å². The summed E-state index contributed by atoms with van der Waals surface area (Å²) in [6, 6.07) is 18.1. The van der Waals surface area contributed by atoms with E-state index in [2.05, 4.69) is 5.32 Å². The number of pyridine rings is 1. The summed E-state index contributed by atoms with van der Waals surface area (Å²) in [6.45, 7) is 3.34. The number of hydrogen-bond acceptors (Lipinski definition) is 8. The molecular weight excluding hydrogens is 620 g/mol. The van der Waals surface area contributed by atoms with Gasteiger partial charge in [0, 0.05) is 35.7 Å². The van der Waals surface area contributed by atoms with E-state index in [1.807, 2.05) is 0 Å². The molecular formula is C32H26N2O9S2. The number of aryl methyl sites for hydroxylation is 2. The van der Waals surface area contributed by atoms with E-state index in [0.717, 1.165) is 0 Å². The maximum absolute atomic E-state index is 14.1. The topological polar surface area (TPSA) is 169 Å². The van der Waals surface area contributed by atoms with Gasteiger partial charge in [0.25, 0.3) is 25.8 Å². The fourth-order valence-electron chi connectivity index (χ4n) is 5.76. The van der Waals surface area contributed by atoms with Crippen LogP contribution in [0, 0.1) is 6.92 Å². The first-order valence-corrected chi connectivity index (χ1v) is 16.6. The van der Waals surface area contributed by atoms with E-state index in [4.69, 9.17) is 4.74 Å². The Balaban J connectivity index is 1.72. The molecule has 1 aromatic heterocycles. The first kappa shape index (κ1) is 30.2. The molecule has 0 atom stereocenters. The molecule has 230 valence electrons. The lowest BCUT2D eigenvalue weighted by molar-refractivity contribution is 0.104. The van der Waals surface area contributed by atoms with Gasteiger partial charge in [0.15, 0.2) is 11.5 Å². The summed E-state index contributed by atoms with van der Waals surface area (Å²) >= 11 is 0. The normalized spacial score (nSPS) is 12.7. The van der Waals surface area contributed by atoms with Gasteiger partial charge in [-0.3, -0.25) is 18.7 Å². The Kier molecular flexibility index (Phi) is 7.16. The predicted octanol–water partition coefficient (Wildman–Crippen LogP) is 5.65. The lowest BCUT2D eigenvalue weighted by Crippen LogP contribution is -2.21. The number of carbonyl (C=O) groups is 1. The number of ketones is 1. The Morgan fingerprint density at radius 1 is 0.778 bits per heavy atom. The molecule has 0 saturated carbocycles. The third kappa shape index (κ3) is 5.09.